The fraction of sp³-hybridized carbons (Fsp3) is 0.528. The third-order valence-corrected chi connectivity index (χ3v) is 20.5. The Morgan fingerprint density at radius 2 is 1.21 bits per heavy atom. The maximum atomic E-state index is 6.66. The first kappa shape index (κ1) is 58.3. The topological polar surface area (TPSA) is 79.9 Å². The van der Waals surface area contributed by atoms with Crippen molar-refractivity contribution in [1.29, 1.82) is 0 Å². The molecule has 1 N–H and O–H groups in total. The molecular weight excluding hydrogens is 1000 g/mol. The molecule has 3 saturated carbocycles. The van der Waals surface area contributed by atoms with Gasteiger partial charge in [0.25, 0.3) is 0 Å². The summed E-state index contributed by atoms with van der Waals surface area (Å²) in [4.78, 5) is 0. The van der Waals surface area contributed by atoms with Crippen LogP contribution in [0.15, 0.2) is 139 Å². The Morgan fingerprint density at radius 3 is 1.79 bits per heavy atom. The van der Waals surface area contributed by atoms with Gasteiger partial charge in [0.15, 0.2) is 11.9 Å². The van der Waals surface area contributed by atoms with E-state index in [1.54, 1.807) is 26.9 Å². The van der Waals surface area contributed by atoms with E-state index in [-0.39, 0.29) is 0 Å². The molecule has 432 valence electrons. The molecule has 5 aromatic carbocycles. The molecule has 9 heteroatoms. The molecule has 8 atom stereocenters. The molecule has 4 aliphatic carbocycles. The predicted octanol–water partition coefficient (Wildman–Crippen LogP) is 15.2. The number of benzene rings is 5. The van der Waals surface area contributed by atoms with Crippen molar-refractivity contribution in [3.8, 4) is 23.0 Å². The van der Waals surface area contributed by atoms with E-state index in [1.165, 1.54) is 81.0 Å². The smallest absolute Gasteiger partial charge is 0.167 e. The van der Waals surface area contributed by atoms with Crippen LogP contribution in [0.25, 0.3) is 0 Å². The minimum Gasteiger partial charge on any atom is -0.497 e. The van der Waals surface area contributed by atoms with Gasteiger partial charge in [-0.2, -0.15) is 0 Å². The number of nitrogens with one attached hydrogen (secondary N) is 1. The lowest BCUT2D eigenvalue weighted by Crippen LogP contribution is -2.51. The lowest BCUT2D eigenvalue weighted by atomic mass is 9.47. The summed E-state index contributed by atoms with van der Waals surface area (Å²) in [5, 5.41) is 8.50. The Balaban J connectivity index is 0.653. The minimum atomic E-state index is -0.626. The van der Waals surface area contributed by atoms with Crippen LogP contribution in [0.1, 0.15) is 157 Å². The summed E-state index contributed by atoms with van der Waals surface area (Å²) in [6.45, 7) is 16.4. The van der Waals surface area contributed by atoms with E-state index in [0.717, 1.165) is 126 Å². The molecule has 0 aliphatic heterocycles. The second-order valence-corrected chi connectivity index (χ2v) is 25.6. The lowest BCUT2D eigenvalue weighted by molar-refractivity contribution is -0.756. The Kier molecular flexibility index (Phi) is 18.8. The van der Waals surface area contributed by atoms with Gasteiger partial charge in [-0.05, 0) is 192 Å². The zero-order chi connectivity index (χ0) is 56.6. The highest BCUT2D eigenvalue weighted by Gasteiger charge is 2.59. The van der Waals surface area contributed by atoms with E-state index in [2.05, 4.69) is 149 Å². The van der Waals surface area contributed by atoms with Crippen LogP contribution < -0.4 is 28.9 Å². The average Bonchev–Trinajstić information content (AvgIpc) is 3.33. The number of unbranched alkanes of at least 4 members (excludes halogenated alkanes) is 1. The van der Waals surface area contributed by atoms with E-state index < -0.39 is 5.41 Å². The molecule has 6 aromatic rings. The maximum absolute atomic E-state index is 6.66. The normalized spacial score (nSPS) is 23.7. The van der Waals surface area contributed by atoms with Gasteiger partial charge in [0.2, 0.25) is 0 Å². The molecule has 0 saturated heterocycles. The number of hydrogen-bond donors (Lipinski definition) is 1. The third-order valence-electron chi connectivity index (χ3n) is 20.5. The minimum absolute atomic E-state index is 0.322. The fourth-order valence-electron chi connectivity index (χ4n) is 16.0. The van der Waals surface area contributed by atoms with Crippen molar-refractivity contribution in [3.05, 3.63) is 178 Å². The number of aromatic nitrogens is 3. The number of aryl methyl sites for hydroxylation is 2. The van der Waals surface area contributed by atoms with Gasteiger partial charge in [-0.25, -0.2) is 0 Å². The van der Waals surface area contributed by atoms with E-state index >= 15 is 0 Å². The molecule has 4 aliphatic rings. The summed E-state index contributed by atoms with van der Waals surface area (Å²) in [5.74, 6) is 8.61. The van der Waals surface area contributed by atoms with Crippen molar-refractivity contribution in [3.63, 3.8) is 0 Å². The highest BCUT2D eigenvalue weighted by molar-refractivity contribution is 5.61. The summed E-state index contributed by atoms with van der Waals surface area (Å²) >= 11 is 0. The van der Waals surface area contributed by atoms with Crippen LogP contribution >= 0.6 is 0 Å². The first-order valence-electron chi connectivity index (χ1n) is 31.0. The molecule has 0 radical (unpaired) electrons. The summed E-state index contributed by atoms with van der Waals surface area (Å²) < 4.78 is 33.8. The van der Waals surface area contributed by atoms with Crippen LogP contribution in [0.2, 0.25) is 0 Å². The van der Waals surface area contributed by atoms with Gasteiger partial charge in [0.1, 0.15) is 36.6 Å². The molecule has 3 fully saturated rings. The number of hydrogen-bond acceptors (Lipinski definition) is 7. The fourth-order valence-corrected chi connectivity index (χ4v) is 16.0. The second-order valence-electron chi connectivity index (χ2n) is 25.6. The van der Waals surface area contributed by atoms with Crippen molar-refractivity contribution < 1.29 is 28.4 Å². The van der Waals surface area contributed by atoms with Crippen LogP contribution in [-0.2, 0) is 43.3 Å². The monoisotopic (exact) mass is 1100 g/mol. The highest BCUT2D eigenvalue weighted by atomic mass is 16.5. The molecule has 9 nitrogen and oxygen atoms in total. The van der Waals surface area contributed by atoms with E-state index in [0.29, 0.717) is 30.1 Å². The number of ether oxygens (including phenoxy) is 5. The summed E-state index contributed by atoms with van der Waals surface area (Å²) in [7, 11) is 7.18. The summed E-state index contributed by atoms with van der Waals surface area (Å²) in [5.41, 5.74) is 10.2. The molecule has 0 spiro atoms. The molecule has 0 unspecified atom stereocenters. The van der Waals surface area contributed by atoms with Gasteiger partial charge in [-0.15, -0.1) is 9.36 Å². The van der Waals surface area contributed by atoms with Gasteiger partial charge in [0.05, 0.1) is 51.3 Å². The first-order chi connectivity index (χ1) is 39.3. The van der Waals surface area contributed by atoms with Gasteiger partial charge >= 0.3 is 0 Å². The quantitative estimate of drug-likeness (QED) is 0.0251. The zero-order valence-electron chi connectivity index (χ0n) is 50.6. The first-order valence-corrected chi connectivity index (χ1v) is 31.0. The standard InChI is InChI=1S/C72H95N4O5/c1-51(2)13-12-14-52(3)67-38-39-68-66-37-28-59-47-65(40-42-70(59,4)69(66)41-43-71(67,68)5)81-46-44-76-50-60(75(6)74-76)15-10-11-45-80-64-29-18-54(19-30-64)49-73-48-53-16-20-55(21-17-53)72(56-22-31-61(77-7)32-23-56,57-24-33-62(78-8)34-25-57)58-26-35-63(79-9)36-27-58/h16-36,50-52,65-69,73H,10-15,37-49H2,1-9H3/q+1/t52-,65+,66+,67-,68+,69+,70+,71-/m1/s1. The Bertz CT molecular complexity index is 2850. The number of rotatable bonds is 26. The molecular formula is C72H95N4O5+. The molecule has 81 heavy (non-hydrogen) atoms. The molecule has 10 rings (SSSR count). The molecule has 1 heterocycles. The Hall–Kier alpha value is -5.90. The number of nitrogens with zero attached hydrogens (tertiary/aromatic N) is 3. The SMILES string of the molecule is COc1ccc(C(c2ccc(CNCc3ccc(OCCCCc4c[n+](CCO[C@H]5CC[C@@]6(C)C(=CC[C@H]7[C@@H]8CC[C@H]([C@H](C)CCCC(C)C)[C@@]8(C)CC[C@@H]76)C5)nn4C)cc3)cc2)(c2ccc(OC)cc2)c2ccc(OC)cc2)cc1. The summed E-state index contributed by atoms with van der Waals surface area (Å²) in [6, 6.07) is 42.7. The van der Waals surface area contributed by atoms with Gasteiger partial charge in [-0.1, -0.05) is 138 Å². The van der Waals surface area contributed by atoms with Crippen molar-refractivity contribution in [2.75, 3.05) is 34.5 Å². The van der Waals surface area contributed by atoms with Gasteiger partial charge in [-0.3, -0.25) is 0 Å². The van der Waals surface area contributed by atoms with Crippen LogP contribution in [0.4, 0.5) is 0 Å². The van der Waals surface area contributed by atoms with E-state index in [1.807, 2.05) is 41.1 Å². The number of allylic oxidation sites excluding steroid dienone is 1. The van der Waals surface area contributed by atoms with Gasteiger partial charge in [0, 0.05) is 19.5 Å². The predicted molar refractivity (Wildman–Crippen MR) is 326 cm³/mol. The van der Waals surface area contributed by atoms with Crippen molar-refractivity contribution in [2.45, 2.75) is 156 Å². The lowest BCUT2D eigenvalue weighted by Gasteiger charge is -2.58. The van der Waals surface area contributed by atoms with E-state index in [4.69, 9.17) is 28.9 Å². The zero-order valence-corrected chi connectivity index (χ0v) is 50.6. The summed E-state index contributed by atoms with van der Waals surface area (Å²) in [6.07, 6.45) is 23.2. The number of fused-ring (bicyclic) bond motifs is 5. The molecule has 1 aromatic heterocycles. The van der Waals surface area contributed by atoms with E-state index in [9.17, 15) is 0 Å². The highest BCUT2D eigenvalue weighted by Crippen LogP contribution is 2.67. The Labute approximate surface area is 486 Å². The van der Waals surface area contributed by atoms with Crippen LogP contribution in [0.5, 0.6) is 23.0 Å². The molecule has 0 amide bonds. The average molecular weight is 1100 g/mol. The van der Waals surface area contributed by atoms with Gasteiger partial charge < -0.3 is 29.0 Å². The van der Waals surface area contributed by atoms with Crippen LogP contribution in [0, 0.1) is 46.3 Å². The maximum Gasteiger partial charge on any atom is 0.167 e. The Morgan fingerprint density at radius 1 is 0.642 bits per heavy atom. The van der Waals surface area contributed by atoms with Crippen LogP contribution in [-0.4, -0.2) is 50.5 Å². The third kappa shape index (κ3) is 12.7. The second kappa shape index (κ2) is 26.1. The van der Waals surface area contributed by atoms with Crippen LogP contribution in [0.3, 0.4) is 0 Å². The van der Waals surface area contributed by atoms with Crippen molar-refractivity contribution in [2.24, 2.45) is 53.4 Å². The molecule has 0 bridgehead atoms. The van der Waals surface area contributed by atoms with Crippen molar-refractivity contribution >= 4 is 0 Å². The largest absolute Gasteiger partial charge is 0.497 e. The number of methoxy groups -OCH3 is 3. The van der Waals surface area contributed by atoms with Crippen molar-refractivity contribution in [1.82, 2.24) is 15.2 Å².